The summed E-state index contributed by atoms with van der Waals surface area (Å²) in [6, 6.07) is 9.98. The van der Waals surface area contributed by atoms with Crippen molar-refractivity contribution in [2.45, 2.75) is 6.42 Å². The van der Waals surface area contributed by atoms with Gasteiger partial charge in [0.05, 0.1) is 25.9 Å². The van der Waals surface area contributed by atoms with E-state index in [1.807, 2.05) is 0 Å². The van der Waals surface area contributed by atoms with Crippen LogP contribution in [0.3, 0.4) is 0 Å². The fraction of sp³-hybridized carbons (Fsp3) is 0.0625. The van der Waals surface area contributed by atoms with Gasteiger partial charge in [0.15, 0.2) is 0 Å². The van der Waals surface area contributed by atoms with Gasteiger partial charge in [0, 0.05) is 0 Å². The first-order valence-electron chi connectivity index (χ1n) is 6.91. The molecule has 3 N–H and O–H groups in total. The number of anilines is 1. The lowest BCUT2D eigenvalue weighted by molar-refractivity contribution is -0.126. The van der Waals surface area contributed by atoms with Crippen LogP contribution < -0.4 is 10.7 Å². The highest BCUT2D eigenvalue weighted by Gasteiger charge is 2.10. The highest BCUT2D eigenvalue weighted by atomic mass is 79.9. The summed E-state index contributed by atoms with van der Waals surface area (Å²) < 4.78 is 0.961. The number of hydrogen-bond donors (Lipinski definition) is 3. The van der Waals surface area contributed by atoms with E-state index in [1.165, 1.54) is 6.21 Å². The summed E-state index contributed by atoms with van der Waals surface area (Å²) in [4.78, 5) is 23.5. The molecule has 0 radical (unpaired) electrons. The molecule has 2 aromatic carbocycles. The van der Waals surface area contributed by atoms with Crippen LogP contribution in [0.4, 0.5) is 5.69 Å². The van der Waals surface area contributed by atoms with E-state index in [1.54, 1.807) is 36.4 Å². The summed E-state index contributed by atoms with van der Waals surface area (Å²) in [6.45, 7) is 0. The van der Waals surface area contributed by atoms with Crippen molar-refractivity contribution in [3.63, 3.8) is 0 Å². The lowest BCUT2D eigenvalue weighted by atomic mass is 10.2. The number of phenolic OH excluding ortho intramolecular Hbond substituents is 1. The van der Waals surface area contributed by atoms with Crippen LogP contribution in [0.15, 0.2) is 50.4 Å². The highest BCUT2D eigenvalue weighted by Crippen LogP contribution is 2.32. The molecule has 6 nitrogen and oxygen atoms in total. The predicted molar refractivity (Wildman–Crippen MR) is 104 cm³/mol. The fourth-order valence-corrected chi connectivity index (χ4v) is 3.19. The van der Waals surface area contributed by atoms with Gasteiger partial charge in [-0.2, -0.15) is 5.10 Å². The van der Waals surface area contributed by atoms with Crippen LogP contribution in [0.5, 0.6) is 5.75 Å². The predicted octanol–water partition coefficient (Wildman–Crippen LogP) is 4.05. The van der Waals surface area contributed by atoms with Gasteiger partial charge in [-0.25, -0.2) is 5.43 Å². The topological polar surface area (TPSA) is 90.8 Å². The zero-order chi connectivity index (χ0) is 18.4. The first kappa shape index (κ1) is 19.4. The van der Waals surface area contributed by atoms with Gasteiger partial charge in [0.1, 0.15) is 12.2 Å². The molecule has 0 aliphatic heterocycles. The van der Waals surface area contributed by atoms with Crippen molar-refractivity contribution in [2.24, 2.45) is 5.10 Å². The maximum absolute atomic E-state index is 11.8. The average molecular weight is 490 g/mol. The van der Waals surface area contributed by atoms with Gasteiger partial charge < -0.3 is 10.4 Å². The van der Waals surface area contributed by atoms with Crippen LogP contribution in [0, 0.1) is 0 Å². The summed E-state index contributed by atoms with van der Waals surface area (Å²) in [5, 5.41) is 16.3. The minimum Gasteiger partial charge on any atom is -0.506 e. The lowest BCUT2D eigenvalue weighted by Gasteiger charge is -2.06. The molecule has 2 aromatic rings. The molecule has 0 heterocycles. The van der Waals surface area contributed by atoms with Crippen molar-refractivity contribution in [1.82, 2.24) is 5.43 Å². The molecule has 0 saturated heterocycles. The van der Waals surface area contributed by atoms with Gasteiger partial charge in [-0.15, -0.1) is 0 Å². The van der Waals surface area contributed by atoms with Crippen LogP contribution in [0.25, 0.3) is 0 Å². The normalized spacial score (nSPS) is 10.7. The molecule has 130 valence electrons. The minimum absolute atomic E-state index is 0.0671. The quantitative estimate of drug-likeness (QED) is 0.336. The Balaban J connectivity index is 1.88. The van der Waals surface area contributed by atoms with Crippen LogP contribution >= 0.6 is 43.5 Å². The molecule has 0 aliphatic rings. The van der Waals surface area contributed by atoms with E-state index in [0.717, 1.165) is 0 Å². The van der Waals surface area contributed by atoms with Gasteiger partial charge in [-0.3, -0.25) is 9.59 Å². The third-order valence-corrected chi connectivity index (χ3v) is 4.45. The number of nitrogens with one attached hydrogen (secondary N) is 2. The SMILES string of the molecule is O=C(CC(=O)Nc1ccccc1Cl)N/N=C/c1cc(Br)c(O)c(Br)c1. The van der Waals surface area contributed by atoms with Gasteiger partial charge in [0.25, 0.3) is 0 Å². The monoisotopic (exact) mass is 487 g/mol. The Kier molecular flexibility index (Phi) is 6.98. The van der Waals surface area contributed by atoms with E-state index in [9.17, 15) is 14.7 Å². The molecule has 2 amide bonds. The van der Waals surface area contributed by atoms with Crippen LogP contribution in [0.2, 0.25) is 5.02 Å². The number of para-hydroxylation sites is 1. The Morgan fingerprint density at radius 2 is 1.80 bits per heavy atom. The van der Waals surface area contributed by atoms with Crippen molar-refractivity contribution in [3.8, 4) is 5.75 Å². The Labute approximate surface area is 165 Å². The van der Waals surface area contributed by atoms with Crippen molar-refractivity contribution in [3.05, 3.63) is 55.9 Å². The van der Waals surface area contributed by atoms with Crippen LogP contribution in [-0.4, -0.2) is 23.1 Å². The molecule has 0 spiro atoms. The molecule has 0 fully saturated rings. The Hall–Kier alpha value is -1.90. The van der Waals surface area contributed by atoms with E-state index in [-0.39, 0.29) is 5.75 Å². The second-order valence-corrected chi connectivity index (χ2v) is 6.95. The Bertz CT molecular complexity index is 820. The van der Waals surface area contributed by atoms with E-state index < -0.39 is 18.2 Å². The average Bonchev–Trinajstić information content (AvgIpc) is 2.54. The number of benzene rings is 2. The molecular weight excluding hydrogens is 477 g/mol. The molecule has 0 aromatic heterocycles. The number of rotatable bonds is 5. The number of carbonyl (C=O) groups is 2. The highest BCUT2D eigenvalue weighted by molar-refractivity contribution is 9.11. The summed E-state index contributed by atoms with van der Waals surface area (Å²) in [5.74, 6) is -1.01. The summed E-state index contributed by atoms with van der Waals surface area (Å²) in [7, 11) is 0. The first-order valence-corrected chi connectivity index (χ1v) is 8.87. The number of aromatic hydroxyl groups is 1. The minimum atomic E-state index is -0.572. The van der Waals surface area contributed by atoms with Gasteiger partial charge in [-0.1, -0.05) is 23.7 Å². The molecular formula is C16H12Br2ClN3O3. The Morgan fingerprint density at radius 3 is 2.44 bits per heavy atom. The molecule has 0 aliphatic carbocycles. The van der Waals surface area contributed by atoms with Gasteiger partial charge >= 0.3 is 0 Å². The summed E-state index contributed by atoms with van der Waals surface area (Å²) >= 11 is 12.3. The second-order valence-electron chi connectivity index (χ2n) is 4.83. The van der Waals surface area contributed by atoms with E-state index in [4.69, 9.17) is 11.6 Å². The smallest absolute Gasteiger partial charge is 0.249 e. The van der Waals surface area contributed by atoms with Gasteiger partial charge in [-0.05, 0) is 61.7 Å². The first-order chi connectivity index (χ1) is 11.9. The molecule has 2 rings (SSSR count). The third-order valence-electron chi connectivity index (χ3n) is 2.91. The van der Waals surface area contributed by atoms with Crippen molar-refractivity contribution < 1.29 is 14.7 Å². The molecule has 0 bridgehead atoms. The number of carbonyl (C=O) groups excluding carboxylic acids is 2. The van der Waals surface area contributed by atoms with E-state index in [2.05, 4.69) is 47.7 Å². The molecule has 9 heteroatoms. The summed E-state index contributed by atoms with van der Waals surface area (Å²) in [6.07, 6.45) is 0.990. The molecule has 0 atom stereocenters. The van der Waals surface area contributed by atoms with E-state index in [0.29, 0.717) is 25.2 Å². The standard InChI is InChI=1S/C16H12Br2ClN3O3/c17-10-5-9(6-11(18)16(10)25)8-20-22-15(24)7-14(23)21-13-4-2-1-3-12(13)19/h1-6,8,25H,7H2,(H,21,23)(H,22,24)/b20-8+. The number of halogens is 3. The third kappa shape index (κ3) is 5.84. The van der Waals surface area contributed by atoms with Crippen molar-refractivity contribution in [1.29, 1.82) is 0 Å². The maximum Gasteiger partial charge on any atom is 0.249 e. The fourth-order valence-electron chi connectivity index (χ4n) is 1.78. The number of nitrogens with zero attached hydrogens (tertiary/aromatic N) is 1. The molecule has 0 unspecified atom stereocenters. The lowest BCUT2D eigenvalue weighted by Crippen LogP contribution is -2.24. The largest absolute Gasteiger partial charge is 0.506 e. The Morgan fingerprint density at radius 1 is 1.16 bits per heavy atom. The van der Waals surface area contributed by atoms with Crippen molar-refractivity contribution in [2.75, 3.05) is 5.32 Å². The van der Waals surface area contributed by atoms with E-state index >= 15 is 0 Å². The number of amides is 2. The summed E-state index contributed by atoms with van der Waals surface area (Å²) in [5.41, 5.74) is 3.33. The molecule has 25 heavy (non-hydrogen) atoms. The maximum atomic E-state index is 11.8. The molecule has 0 saturated carbocycles. The zero-order valence-corrected chi connectivity index (χ0v) is 16.5. The number of hydrazone groups is 1. The second kappa shape index (κ2) is 8.98. The number of phenols is 1. The van der Waals surface area contributed by atoms with Crippen molar-refractivity contribution >= 4 is 67.2 Å². The number of hydrogen-bond acceptors (Lipinski definition) is 4. The van der Waals surface area contributed by atoms with Gasteiger partial charge in [0.2, 0.25) is 11.8 Å². The zero-order valence-electron chi connectivity index (χ0n) is 12.6. The van der Waals surface area contributed by atoms with Crippen LogP contribution in [-0.2, 0) is 9.59 Å². The van der Waals surface area contributed by atoms with Crippen LogP contribution in [0.1, 0.15) is 12.0 Å².